The van der Waals surface area contributed by atoms with E-state index < -0.39 is 0 Å². The Morgan fingerprint density at radius 1 is 1.20 bits per heavy atom. The topological polar surface area (TPSA) is 51.0 Å². The molecule has 0 bridgehead atoms. The monoisotopic (exact) mass is 285 g/mol. The van der Waals surface area contributed by atoms with Crippen molar-refractivity contribution in [2.24, 2.45) is 0 Å². The van der Waals surface area contributed by atoms with Crippen molar-refractivity contribution in [3.05, 3.63) is 58.9 Å². The maximum atomic E-state index is 5.34. The van der Waals surface area contributed by atoms with Gasteiger partial charge in [-0.3, -0.25) is 4.98 Å². The number of nitrogens with one attached hydrogen (secondary N) is 1. The summed E-state index contributed by atoms with van der Waals surface area (Å²) in [6.07, 6.45) is 6.22. The standard InChI is InChI=1S/C15H15N3OS/c1-2-14(19-9-1)13-11-20-15(18-13)5-8-17-10-12-3-6-16-7-4-12/h1-4,6-7,9,11,17H,5,8,10H2. The minimum absolute atomic E-state index is 0.831. The van der Waals surface area contributed by atoms with Crippen LogP contribution in [0.4, 0.5) is 0 Å². The zero-order chi connectivity index (χ0) is 13.6. The van der Waals surface area contributed by atoms with Gasteiger partial charge in [0.2, 0.25) is 0 Å². The molecule has 0 saturated heterocycles. The van der Waals surface area contributed by atoms with Gasteiger partial charge in [-0.2, -0.15) is 0 Å². The number of thiazole rings is 1. The molecule has 4 nitrogen and oxygen atoms in total. The van der Waals surface area contributed by atoms with Gasteiger partial charge in [0.05, 0.1) is 11.3 Å². The third-order valence-corrected chi connectivity index (χ3v) is 3.83. The van der Waals surface area contributed by atoms with E-state index in [4.69, 9.17) is 4.42 Å². The Kier molecular flexibility index (Phi) is 4.20. The summed E-state index contributed by atoms with van der Waals surface area (Å²) in [6, 6.07) is 7.85. The highest BCUT2D eigenvalue weighted by atomic mass is 32.1. The Morgan fingerprint density at radius 2 is 2.10 bits per heavy atom. The van der Waals surface area contributed by atoms with Crippen LogP contribution in [0.1, 0.15) is 10.6 Å². The summed E-state index contributed by atoms with van der Waals surface area (Å²) >= 11 is 1.67. The summed E-state index contributed by atoms with van der Waals surface area (Å²) < 4.78 is 5.34. The van der Waals surface area contributed by atoms with Gasteiger partial charge in [-0.15, -0.1) is 11.3 Å². The largest absolute Gasteiger partial charge is 0.463 e. The molecule has 0 atom stereocenters. The first kappa shape index (κ1) is 13.0. The van der Waals surface area contributed by atoms with Gasteiger partial charge in [0.25, 0.3) is 0 Å². The van der Waals surface area contributed by atoms with Gasteiger partial charge in [0, 0.05) is 37.3 Å². The first-order valence-electron chi connectivity index (χ1n) is 6.50. The lowest BCUT2D eigenvalue weighted by Gasteiger charge is -2.02. The van der Waals surface area contributed by atoms with Crippen LogP contribution >= 0.6 is 11.3 Å². The van der Waals surface area contributed by atoms with Crippen molar-refractivity contribution in [3.63, 3.8) is 0 Å². The lowest BCUT2D eigenvalue weighted by Crippen LogP contribution is -2.16. The number of pyridine rings is 1. The van der Waals surface area contributed by atoms with E-state index >= 15 is 0 Å². The number of hydrogen-bond acceptors (Lipinski definition) is 5. The Labute approximate surface area is 121 Å². The predicted molar refractivity (Wildman–Crippen MR) is 79.5 cm³/mol. The molecule has 0 aliphatic heterocycles. The van der Waals surface area contributed by atoms with Crippen LogP contribution in [0, 0.1) is 0 Å². The zero-order valence-electron chi connectivity index (χ0n) is 11.0. The summed E-state index contributed by atoms with van der Waals surface area (Å²) in [6.45, 7) is 1.77. The van der Waals surface area contributed by atoms with Crippen molar-refractivity contribution in [1.82, 2.24) is 15.3 Å². The third-order valence-electron chi connectivity index (χ3n) is 2.92. The zero-order valence-corrected chi connectivity index (χ0v) is 11.8. The lowest BCUT2D eigenvalue weighted by atomic mass is 10.2. The molecule has 0 spiro atoms. The van der Waals surface area contributed by atoms with Crippen molar-refractivity contribution < 1.29 is 4.42 Å². The minimum atomic E-state index is 0.831. The summed E-state index contributed by atoms with van der Waals surface area (Å²) in [5.74, 6) is 0.831. The van der Waals surface area contributed by atoms with E-state index in [9.17, 15) is 0 Å². The van der Waals surface area contributed by atoms with Crippen LogP contribution in [0.2, 0.25) is 0 Å². The Bertz CT molecular complexity index is 634. The summed E-state index contributed by atoms with van der Waals surface area (Å²) in [5.41, 5.74) is 2.17. The number of nitrogens with zero attached hydrogens (tertiary/aromatic N) is 2. The highest BCUT2D eigenvalue weighted by Gasteiger charge is 2.06. The SMILES string of the molecule is c1coc(-c2csc(CCNCc3ccncc3)n2)c1. The Morgan fingerprint density at radius 3 is 2.90 bits per heavy atom. The van der Waals surface area contributed by atoms with E-state index in [0.29, 0.717) is 0 Å². The first-order chi connectivity index (χ1) is 9.92. The van der Waals surface area contributed by atoms with Crippen LogP contribution in [0.5, 0.6) is 0 Å². The van der Waals surface area contributed by atoms with Gasteiger partial charge in [-0.05, 0) is 29.8 Å². The third kappa shape index (κ3) is 3.31. The summed E-state index contributed by atoms with van der Waals surface area (Å²) in [5, 5.41) is 6.57. The molecule has 3 aromatic heterocycles. The van der Waals surface area contributed by atoms with Crippen molar-refractivity contribution >= 4 is 11.3 Å². The van der Waals surface area contributed by atoms with Gasteiger partial charge in [-0.1, -0.05) is 0 Å². The second kappa shape index (κ2) is 6.45. The van der Waals surface area contributed by atoms with Crippen LogP contribution in [0.15, 0.2) is 52.7 Å². The number of rotatable bonds is 6. The van der Waals surface area contributed by atoms with E-state index in [2.05, 4.69) is 15.3 Å². The summed E-state index contributed by atoms with van der Waals surface area (Å²) in [7, 11) is 0. The van der Waals surface area contributed by atoms with Gasteiger partial charge >= 0.3 is 0 Å². The molecular weight excluding hydrogens is 270 g/mol. The fraction of sp³-hybridized carbons (Fsp3) is 0.200. The Hall–Kier alpha value is -1.98. The van der Waals surface area contributed by atoms with Crippen molar-refractivity contribution in [3.8, 4) is 11.5 Å². The maximum absolute atomic E-state index is 5.34. The molecule has 0 fully saturated rings. The fourth-order valence-corrected chi connectivity index (χ4v) is 2.68. The molecule has 0 unspecified atom stereocenters. The van der Waals surface area contributed by atoms with Crippen LogP contribution in [0.25, 0.3) is 11.5 Å². The van der Waals surface area contributed by atoms with Crippen LogP contribution in [-0.4, -0.2) is 16.5 Å². The Balaban J connectivity index is 1.47. The number of aromatic nitrogens is 2. The average Bonchev–Trinajstić information content (AvgIpc) is 3.15. The van der Waals surface area contributed by atoms with E-state index in [-0.39, 0.29) is 0 Å². The molecule has 0 saturated carbocycles. The molecule has 0 amide bonds. The van der Waals surface area contributed by atoms with E-state index in [1.165, 1.54) is 5.56 Å². The van der Waals surface area contributed by atoms with Crippen LogP contribution in [0.3, 0.4) is 0 Å². The molecule has 3 heterocycles. The van der Waals surface area contributed by atoms with E-state index in [1.54, 1.807) is 17.6 Å². The average molecular weight is 285 g/mol. The van der Waals surface area contributed by atoms with Gasteiger partial charge in [0.15, 0.2) is 5.76 Å². The molecule has 20 heavy (non-hydrogen) atoms. The lowest BCUT2D eigenvalue weighted by molar-refractivity contribution is 0.580. The normalized spacial score (nSPS) is 10.8. The molecule has 1 N–H and O–H groups in total. The molecular formula is C15H15N3OS. The molecule has 0 aliphatic carbocycles. The molecule has 102 valence electrons. The second-order valence-electron chi connectivity index (χ2n) is 4.39. The molecule has 3 rings (SSSR count). The van der Waals surface area contributed by atoms with E-state index in [0.717, 1.165) is 36.0 Å². The highest BCUT2D eigenvalue weighted by Crippen LogP contribution is 2.22. The van der Waals surface area contributed by atoms with Crippen molar-refractivity contribution in [2.45, 2.75) is 13.0 Å². The smallest absolute Gasteiger partial charge is 0.153 e. The molecule has 3 aromatic rings. The summed E-state index contributed by atoms with van der Waals surface area (Å²) in [4.78, 5) is 8.58. The van der Waals surface area contributed by atoms with Crippen molar-refractivity contribution in [2.75, 3.05) is 6.54 Å². The highest BCUT2D eigenvalue weighted by molar-refractivity contribution is 7.09. The minimum Gasteiger partial charge on any atom is -0.463 e. The van der Waals surface area contributed by atoms with Crippen LogP contribution in [-0.2, 0) is 13.0 Å². The maximum Gasteiger partial charge on any atom is 0.153 e. The molecule has 5 heteroatoms. The van der Waals surface area contributed by atoms with Crippen molar-refractivity contribution in [1.29, 1.82) is 0 Å². The quantitative estimate of drug-likeness (QED) is 0.707. The molecule has 0 aliphatic rings. The van der Waals surface area contributed by atoms with Gasteiger partial charge in [0.1, 0.15) is 5.69 Å². The second-order valence-corrected chi connectivity index (χ2v) is 5.33. The van der Waals surface area contributed by atoms with Gasteiger partial charge < -0.3 is 9.73 Å². The molecule has 0 aromatic carbocycles. The number of hydrogen-bond donors (Lipinski definition) is 1. The first-order valence-corrected chi connectivity index (χ1v) is 7.38. The molecule has 0 radical (unpaired) electrons. The van der Waals surface area contributed by atoms with Gasteiger partial charge in [-0.25, -0.2) is 4.98 Å². The number of furan rings is 1. The predicted octanol–water partition coefficient (Wildman–Crippen LogP) is 3.13. The van der Waals surface area contributed by atoms with Crippen LogP contribution < -0.4 is 5.32 Å². The van der Waals surface area contributed by atoms with E-state index in [1.807, 2.05) is 42.0 Å². The fourth-order valence-electron chi connectivity index (χ4n) is 1.89.